The van der Waals surface area contributed by atoms with E-state index in [0.29, 0.717) is 11.6 Å². The molecule has 1 unspecified atom stereocenters. The van der Waals surface area contributed by atoms with Crippen molar-refractivity contribution in [3.63, 3.8) is 0 Å². The van der Waals surface area contributed by atoms with Gasteiger partial charge in [-0.1, -0.05) is 11.6 Å². The molecule has 0 radical (unpaired) electrons. The lowest BCUT2D eigenvalue weighted by Gasteiger charge is -2.22. The Hall–Kier alpha value is -2.21. The summed E-state index contributed by atoms with van der Waals surface area (Å²) in [7, 11) is 3.93. The van der Waals surface area contributed by atoms with Crippen LogP contribution in [0.4, 0.5) is 0 Å². The summed E-state index contributed by atoms with van der Waals surface area (Å²) < 4.78 is 7.67. The van der Waals surface area contributed by atoms with Gasteiger partial charge in [-0.2, -0.15) is 5.10 Å². The van der Waals surface area contributed by atoms with Crippen LogP contribution in [0.1, 0.15) is 19.4 Å². The summed E-state index contributed by atoms with van der Waals surface area (Å²) in [6.45, 7) is 6.17. The predicted molar refractivity (Wildman–Crippen MR) is 102 cm³/mol. The molecule has 1 N–H and O–H groups in total. The third kappa shape index (κ3) is 6.31. The van der Waals surface area contributed by atoms with Crippen molar-refractivity contribution in [2.75, 3.05) is 20.1 Å². The number of aryl methyl sites for hydroxylation is 1. The van der Waals surface area contributed by atoms with Gasteiger partial charge in [0.15, 0.2) is 5.96 Å². The fraction of sp³-hybridized carbons (Fsp3) is 0.444. The van der Waals surface area contributed by atoms with Gasteiger partial charge < -0.3 is 15.0 Å². The summed E-state index contributed by atoms with van der Waals surface area (Å²) in [5, 5.41) is 8.21. The van der Waals surface area contributed by atoms with Crippen molar-refractivity contribution in [3.8, 4) is 5.75 Å². The molecule has 0 spiro atoms. The van der Waals surface area contributed by atoms with Crippen molar-refractivity contribution in [1.29, 1.82) is 0 Å². The van der Waals surface area contributed by atoms with Gasteiger partial charge in [0.1, 0.15) is 11.9 Å². The molecule has 1 aromatic carbocycles. The quantitative estimate of drug-likeness (QED) is 0.607. The molecule has 25 heavy (non-hydrogen) atoms. The number of nitrogens with one attached hydrogen (secondary N) is 1. The minimum atomic E-state index is -0.0402. The van der Waals surface area contributed by atoms with Crippen molar-refractivity contribution < 1.29 is 4.74 Å². The van der Waals surface area contributed by atoms with Gasteiger partial charge in [-0.3, -0.25) is 4.68 Å². The third-order valence-corrected chi connectivity index (χ3v) is 3.78. The first-order valence-electron chi connectivity index (χ1n) is 8.37. The van der Waals surface area contributed by atoms with E-state index >= 15 is 0 Å². The molecule has 0 saturated carbocycles. The predicted octanol–water partition coefficient (Wildman–Crippen LogP) is 2.94. The Kier molecular flexibility index (Phi) is 7.13. The second-order valence-electron chi connectivity index (χ2n) is 5.96. The van der Waals surface area contributed by atoms with E-state index in [2.05, 4.69) is 27.2 Å². The summed E-state index contributed by atoms with van der Waals surface area (Å²) in [6.07, 6.45) is 3.83. The highest BCUT2D eigenvalue weighted by Gasteiger charge is 2.09. The molecule has 0 saturated heterocycles. The Balaban J connectivity index is 1.94. The van der Waals surface area contributed by atoms with Crippen LogP contribution in [0, 0.1) is 0 Å². The summed E-state index contributed by atoms with van der Waals surface area (Å²) in [6, 6.07) is 7.36. The number of benzene rings is 1. The fourth-order valence-electron chi connectivity index (χ4n) is 2.37. The molecular weight excluding hydrogens is 338 g/mol. The molecule has 136 valence electrons. The van der Waals surface area contributed by atoms with Gasteiger partial charge in [0.25, 0.3) is 0 Å². The van der Waals surface area contributed by atoms with E-state index < -0.39 is 0 Å². The van der Waals surface area contributed by atoms with Crippen LogP contribution in [0.3, 0.4) is 0 Å². The van der Waals surface area contributed by atoms with E-state index in [1.165, 1.54) is 0 Å². The van der Waals surface area contributed by atoms with E-state index in [1.54, 1.807) is 4.68 Å². The second kappa shape index (κ2) is 9.32. The Morgan fingerprint density at radius 1 is 1.40 bits per heavy atom. The number of rotatable bonds is 7. The maximum atomic E-state index is 5.89. The van der Waals surface area contributed by atoms with Crippen molar-refractivity contribution in [2.24, 2.45) is 12.0 Å². The molecule has 7 heteroatoms. The van der Waals surface area contributed by atoms with Gasteiger partial charge >= 0.3 is 0 Å². The van der Waals surface area contributed by atoms with E-state index in [4.69, 9.17) is 16.3 Å². The normalized spacial score (nSPS) is 12.8. The van der Waals surface area contributed by atoms with Crippen LogP contribution in [-0.4, -0.2) is 46.9 Å². The molecule has 6 nitrogen and oxygen atoms in total. The lowest BCUT2D eigenvalue weighted by atomic mass is 10.3. The molecule has 1 aromatic heterocycles. The molecule has 2 aromatic rings. The van der Waals surface area contributed by atoms with Gasteiger partial charge in [-0.15, -0.1) is 0 Å². The molecule has 0 aliphatic carbocycles. The maximum absolute atomic E-state index is 5.89. The molecule has 0 aliphatic heterocycles. The molecule has 0 aliphatic rings. The van der Waals surface area contributed by atoms with E-state index in [0.717, 1.165) is 30.4 Å². The zero-order valence-corrected chi connectivity index (χ0v) is 16.0. The SMILES string of the molecule is CCNC(=NCC(C)Oc1ccc(Cl)cc1)N(C)Cc1cnn(C)c1. The van der Waals surface area contributed by atoms with Crippen molar-refractivity contribution in [3.05, 3.63) is 47.2 Å². The van der Waals surface area contributed by atoms with Crippen LogP contribution in [0.5, 0.6) is 5.75 Å². The molecule has 1 heterocycles. The molecule has 2 rings (SSSR count). The number of ether oxygens (including phenoxy) is 1. The Labute approximate surface area is 154 Å². The highest BCUT2D eigenvalue weighted by Crippen LogP contribution is 2.16. The topological polar surface area (TPSA) is 54.7 Å². The molecule has 1 atom stereocenters. The average Bonchev–Trinajstić information content (AvgIpc) is 2.98. The molecule has 0 amide bonds. The monoisotopic (exact) mass is 363 g/mol. The fourth-order valence-corrected chi connectivity index (χ4v) is 2.50. The molecular formula is C18H26ClN5O. The number of halogens is 1. The zero-order valence-electron chi connectivity index (χ0n) is 15.2. The first kappa shape index (κ1) is 19.1. The highest BCUT2D eigenvalue weighted by atomic mass is 35.5. The number of nitrogens with zero attached hydrogens (tertiary/aromatic N) is 4. The summed E-state index contributed by atoms with van der Waals surface area (Å²) in [5.41, 5.74) is 1.14. The number of hydrogen-bond acceptors (Lipinski definition) is 3. The Bertz CT molecular complexity index is 683. The molecule has 0 fully saturated rings. The first-order chi connectivity index (χ1) is 12.0. The van der Waals surface area contributed by atoms with Crippen LogP contribution in [0.25, 0.3) is 0 Å². The van der Waals surface area contributed by atoms with Crippen LogP contribution < -0.4 is 10.1 Å². The van der Waals surface area contributed by atoms with Gasteiger partial charge in [0.05, 0.1) is 12.7 Å². The van der Waals surface area contributed by atoms with Crippen LogP contribution >= 0.6 is 11.6 Å². The zero-order chi connectivity index (χ0) is 18.2. The largest absolute Gasteiger partial charge is 0.489 e. The summed E-state index contributed by atoms with van der Waals surface area (Å²) in [5.74, 6) is 1.64. The van der Waals surface area contributed by atoms with Crippen molar-refractivity contribution >= 4 is 17.6 Å². The van der Waals surface area contributed by atoms with Crippen molar-refractivity contribution in [1.82, 2.24) is 20.0 Å². The lowest BCUT2D eigenvalue weighted by Crippen LogP contribution is -2.39. The summed E-state index contributed by atoms with van der Waals surface area (Å²) >= 11 is 5.89. The minimum Gasteiger partial charge on any atom is -0.489 e. The average molecular weight is 364 g/mol. The van der Waals surface area contributed by atoms with Crippen LogP contribution in [0.15, 0.2) is 41.7 Å². The Morgan fingerprint density at radius 2 is 2.12 bits per heavy atom. The Morgan fingerprint density at radius 3 is 2.72 bits per heavy atom. The highest BCUT2D eigenvalue weighted by molar-refractivity contribution is 6.30. The standard InChI is InChI=1S/C18H26ClN5O/c1-5-20-18(23(3)12-15-11-22-24(4)13-15)21-10-14(2)25-17-8-6-16(19)7-9-17/h6-9,11,13-14H,5,10,12H2,1-4H3,(H,20,21). The van der Waals surface area contributed by atoms with E-state index in [-0.39, 0.29) is 6.10 Å². The third-order valence-electron chi connectivity index (χ3n) is 3.52. The van der Waals surface area contributed by atoms with Gasteiger partial charge in [-0.05, 0) is 38.1 Å². The van der Waals surface area contributed by atoms with Crippen molar-refractivity contribution in [2.45, 2.75) is 26.5 Å². The smallest absolute Gasteiger partial charge is 0.194 e. The van der Waals surface area contributed by atoms with Gasteiger partial charge in [-0.25, -0.2) is 4.99 Å². The van der Waals surface area contributed by atoms with Crippen LogP contribution in [0.2, 0.25) is 5.02 Å². The number of aromatic nitrogens is 2. The van der Waals surface area contributed by atoms with E-state index in [9.17, 15) is 0 Å². The number of hydrogen-bond donors (Lipinski definition) is 1. The second-order valence-corrected chi connectivity index (χ2v) is 6.39. The maximum Gasteiger partial charge on any atom is 0.194 e. The van der Waals surface area contributed by atoms with Gasteiger partial charge in [0.2, 0.25) is 0 Å². The molecule has 0 bridgehead atoms. The lowest BCUT2D eigenvalue weighted by molar-refractivity contribution is 0.229. The minimum absolute atomic E-state index is 0.0402. The number of aliphatic imine (C=N–C) groups is 1. The summed E-state index contributed by atoms with van der Waals surface area (Å²) in [4.78, 5) is 6.76. The van der Waals surface area contributed by atoms with E-state index in [1.807, 2.05) is 57.7 Å². The first-order valence-corrected chi connectivity index (χ1v) is 8.75. The van der Waals surface area contributed by atoms with Gasteiger partial charge in [0, 0.05) is 44.0 Å². The van der Waals surface area contributed by atoms with Crippen LogP contribution in [-0.2, 0) is 13.6 Å². The number of guanidine groups is 1.